The first kappa shape index (κ1) is 12.0. The maximum atomic E-state index is 13.0. The molecule has 2 nitrogen and oxygen atoms in total. The number of benzene rings is 1. The molecule has 0 radical (unpaired) electrons. The number of nitrogens with one attached hydrogen (secondary N) is 1. The van der Waals surface area contributed by atoms with Gasteiger partial charge in [-0.05, 0) is 50.7 Å². The summed E-state index contributed by atoms with van der Waals surface area (Å²) in [6.45, 7) is 3.77. The highest BCUT2D eigenvalue weighted by atomic mass is 19.1. The van der Waals surface area contributed by atoms with Crippen molar-refractivity contribution in [3.8, 4) is 0 Å². The molecule has 3 heteroatoms. The van der Waals surface area contributed by atoms with Gasteiger partial charge in [0.1, 0.15) is 5.82 Å². The van der Waals surface area contributed by atoms with Crippen LogP contribution in [0.1, 0.15) is 12.0 Å². The minimum absolute atomic E-state index is 0.137. The molecule has 0 atom stereocenters. The van der Waals surface area contributed by atoms with Gasteiger partial charge in [0.05, 0.1) is 0 Å². The summed E-state index contributed by atoms with van der Waals surface area (Å²) in [4.78, 5) is 2.14. The lowest BCUT2D eigenvalue weighted by Gasteiger charge is -2.19. The molecule has 0 amide bonds. The van der Waals surface area contributed by atoms with E-state index in [0.29, 0.717) is 5.56 Å². The molecule has 1 rings (SSSR count). The van der Waals surface area contributed by atoms with Gasteiger partial charge in [-0.2, -0.15) is 0 Å². The molecular weight excluding hydrogens is 191 g/mol. The van der Waals surface area contributed by atoms with E-state index in [1.54, 1.807) is 6.92 Å². The Hall–Kier alpha value is -1.09. The summed E-state index contributed by atoms with van der Waals surface area (Å²) in [5, 5.41) is 3.11. The lowest BCUT2D eigenvalue weighted by molar-refractivity contribution is 0.618. The minimum Gasteiger partial charge on any atom is -0.375 e. The Morgan fingerprint density at radius 1 is 1.40 bits per heavy atom. The predicted molar refractivity (Wildman–Crippen MR) is 63.0 cm³/mol. The van der Waals surface area contributed by atoms with Gasteiger partial charge in [-0.15, -0.1) is 0 Å². The second-order valence-corrected chi connectivity index (χ2v) is 3.81. The zero-order valence-corrected chi connectivity index (χ0v) is 9.68. The summed E-state index contributed by atoms with van der Waals surface area (Å²) in [6, 6.07) is 5.23. The van der Waals surface area contributed by atoms with Gasteiger partial charge < -0.3 is 10.2 Å². The van der Waals surface area contributed by atoms with Gasteiger partial charge in [0, 0.05) is 19.3 Å². The summed E-state index contributed by atoms with van der Waals surface area (Å²) in [7, 11) is 3.98. The van der Waals surface area contributed by atoms with Crippen molar-refractivity contribution in [1.82, 2.24) is 5.32 Å². The highest BCUT2D eigenvalue weighted by Gasteiger charge is 2.03. The van der Waals surface area contributed by atoms with Crippen LogP contribution < -0.4 is 10.2 Å². The molecule has 0 saturated carbocycles. The highest BCUT2D eigenvalue weighted by Crippen LogP contribution is 2.17. The Labute approximate surface area is 91.1 Å². The van der Waals surface area contributed by atoms with Crippen molar-refractivity contribution < 1.29 is 4.39 Å². The third kappa shape index (κ3) is 3.51. The molecule has 84 valence electrons. The molecule has 0 saturated heterocycles. The Bertz CT molecular complexity index is 312. The molecule has 0 aromatic heterocycles. The van der Waals surface area contributed by atoms with Crippen molar-refractivity contribution in [1.29, 1.82) is 0 Å². The Morgan fingerprint density at radius 2 is 2.13 bits per heavy atom. The summed E-state index contributed by atoms with van der Waals surface area (Å²) >= 11 is 0. The first-order chi connectivity index (χ1) is 7.15. The van der Waals surface area contributed by atoms with Gasteiger partial charge in [-0.3, -0.25) is 0 Å². The molecule has 1 aromatic rings. The normalized spacial score (nSPS) is 10.4. The number of rotatable bonds is 5. The van der Waals surface area contributed by atoms with Crippen LogP contribution in [0.5, 0.6) is 0 Å². The van der Waals surface area contributed by atoms with Crippen LogP contribution in [0.4, 0.5) is 10.1 Å². The second kappa shape index (κ2) is 5.71. The molecule has 0 aliphatic heterocycles. The SMILES string of the molecule is CNCCCN(C)c1ccc(F)c(C)c1. The number of anilines is 1. The van der Waals surface area contributed by atoms with E-state index in [9.17, 15) is 4.39 Å². The van der Waals surface area contributed by atoms with Crippen molar-refractivity contribution >= 4 is 5.69 Å². The van der Waals surface area contributed by atoms with Gasteiger partial charge in [0.2, 0.25) is 0 Å². The molecule has 0 aliphatic rings. The van der Waals surface area contributed by atoms with Crippen LogP contribution in [-0.2, 0) is 0 Å². The maximum absolute atomic E-state index is 13.0. The Kier molecular flexibility index (Phi) is 4.56. The number of hydrogen-bond acceptors (Lipinski definition) is 2. The molecule has 0 bridgehead atoms. The van der Waals surface area contributed by atoms with Crippen LogP contribution in [0, 0.1) is 12.7 Å². The summed E-state index contributed by atoms with van der Waals surface area (Å²) in [5.74, 6) is -0.137. The van der Waals surface area contributed by atoms with Gasteiger partial charge in [-0.1, -0.05) is 0 Å². The average Bonchev–Trinajstić information content (AvgIpc) is 2.22. The van der Waals surface area contributed by atoms with E-state index >= 15 is 0 Å². The van der Waals surface area contributed by atoms with Crippen LogP contribution in [0.15, 0.2) is 18.2 Å². The van der Waals surface area contributed by atoms with E-state index in [-0.39, 0.29) is 5.82 Å². The zero-order valence-electron chi connectivity index (χ0n) is 9.68. The molecule has 0 heterocycles. The highest BCUT2D eigenvalue weighted by molar-refractivity contribution is 5.47. The number of hydrogen-bond donors (Lipinski definition) is 1. The van der Waals surface area contributed by atoms with E-state index in [0.717, 1.165) is 25.2 Å². The lowest BCUT2D eigenvalue weighted by Crippen LogP contribution is -2.22. The van der Waals surface area contributed by atoms with Crippen molar-refractivity contribution in [3.05, 3.63) is 29.6 Å². The summed E-state index contributed by atoms with van der Waals surface area (Å²) in [6.07, 6.45) is 1.09. The standard InChI is InChI=1S/C12H19FN2/c1-10-9-11(5-6-12(10)13)15(3)8-4-7-14-2/h5-6,9,14H,4,7-8H2,1-3H3. The molecule has 0 aliphatic carbocycles. The zero-order chi connectivity index (χ0) is 11.3. The molecule has 0 unspecified atom stereocenters. The van der Waals surface area contributed by atoms with E-state index < -0.39 is 0 Å². The van der Waals surface area contributed by atoms with Gasteiger partial charge >= 0.3 is 0 Å². The van der Waals surface area contributed by atoms with Crippen molar-refractivity contribution in [3.63, 3.8) is 0 Å². The predicted octanol–water partition coefficient (Wildman–Crippen LogP) is 2.18. The fourth-order valence-corrected chi connectivity index (χ4v) is 1.49. The topological polar surface area (TPSA) is 15.3 Å². The van der Waals surface area contributed by atoms with Gasteiger partial charge in [0.15, 0.2) is 0 Å². The molecule has 0 fully saturated rings. The third-order valence-electron chi connectivity index (χ3n) is 2.50. The van der Waals surface area contributed by atoms with Gasteiger partial charge in [-0.25, -0.2) is 4.39 Å². The van der Waals surface area contributed by atoms with Crippen molar-refractivity contribution in [2.24, 2.45) is 0 Å². The van der Waals surface area contributed by atoms with E-state index in [4.69, 9.17) is 0 Å². The first-order valence-electron chi connectivity index (χ1n) is 5.27. The number of nitrogens with zero attached hydrogens (tertiary/aromatic N) is 1. The molecular formula is C12H19FN2. The lowest BCUT2D eigenvalue weighted by atomic mass is 10.2. The molecule has 0 spiro atoms. The van der Waals surface area contributed by atoms with Crippen LogP contribution in [-0.4, -0.2) is 27.2 Å². The van der Waals surface area contributed by atoms with Crippen LogP contribution in [0.25, 0.3) is 0 Å². The molecule has 1 aromatic carbocycles. The van der Waals surface area contributed by atoms with Gasteiger partial charge in [0.25, 0.3) is 0 Å². The molecule has 1 N–H and O–H groups in total. The maximum Gasteiger partial charge on any atom is 0.126 e. The van der Waals surface area contributed by atoms with E-state index in [1.807, 2.05) is 26.2 Å². The van der Waals surface area contributed by atoms with Crippen molar-refractivity contribution in [2.75, 3.05) is 32.1 Å². The van der Waals surface area contributed by atoms with Crippen LogP contribution in [0.3, 0.4) is 0 Å². The van der Waals surface area contributed by atoms with E-state index in [1.165, 1.54) is 6.07 Å². The van der Waals surface area contributed by atoms with Crippen LogP contribution >= 0.6 is 0 Å². The fraction of sp³-hybridized carbons (Fsp3) is 0.500. The quantitative estimate of drug-likeness (QED) is 0.749. The largest absolute Gasteiger partial charge is 0.375 e. The molecule has 15 heavy (non-hydrogen) atoms. The number of halogens is 1. The summed E-state index contributed by atoms with van der Waals surface area (Å²) in [5.41, 5.74) is 1.78. The number of aryl methyl sites for hydroxylation is 1. The second-order valence-electron chi connectivity index (χ2n) is 3.81. The minimum atomic E-state index is -0.137. The van der Waals surface area contributed by atoms with Crippen LogP contribution in [0.2, 0.25) is 0 Å². The average molecular weight is 210 g/mol. The Balaban J connectivity index is 2.57. The van der Waals surface area contributed by atoms with E-state index in [2.05, 4.69) is 10.2 Å². The monoisotopic (exact) mass is 210 g/mol. The van der Waals surface area contributed by atoms with Crippen molar-refractivity contribution in [2.45, 2.75) is 13.3 Å². The fourth-order valence-electron chi connectivity index (χ4n) is 1.49. The smallest absolute Gasteiger partial charge is 0.126 e. The summed E-state index contributed by atoms with van der Waals surface area (Å²) < 4.78 is 13.0. The third-order valence-corrected chi connectivity index (χ3v) is 2.50. The first-order valence-corrected chi connectivity index (χ1v) is 5.27. The Morgan fingerprint density at radius 3 is 2.73 bits per heavy atom.